The molecule has 0 saturated carbocycles. The number of fused-ring (bicyclic) bond motifs is 6. The van der Waals surface area contributed by atoms with Crippen molar-refractivity contribution in [3.8, 4) is 0 Å². The van der Waals surface area contributed by atoms with Crippen LogP contribution in [0.4, 0.5) is 22.0 Å². The van der Waals surface area contributed by atoms with Crippen LogP contribution < -0.4 is 5.56 Å². The van der Waals surface area contributed by atoms with E-state index in [1.807, 2.05) is 0 Å². The van der Waals surface area contributed by atoms with Crippen LogP contribution in [0.1, 0.15) is 0 Å². The van der Waals surface area contributed by atoms with Crippen LogP contribution in [-0.4, -0.2) is 19.9 Å². The lowest BCUT2D eigenvalue weighted by Crippen LogP contribution is -2.05. The highest BCUT2D eigenvalue weighted by molar-refractivity contribution is 7.99. The van der Waals surface area contributed by atoms with E-state index >= 15 is 0 Å². The lowest BCUT2D eigenvalue weighted by atomic mass is 10.0. The van der Waals surface area contributed by atoms with Crippen LogP contribution in [0.15, 0.2) is 45.3 Å². The number of nitrogens with one attached hydrogen (secondary N) is 2. The number of halogens is 5. The molecule has 0 amide bonds. The van der Waals surface area contributed by atoms with Crippen molar-refractivity contribution in [3.63, 3.8) is 0 Å². The molecule has 0 aliphatic heterocycles. The Morgan fingerprint density at radius 1 is 0.867 bits per heavy atom. The Labute approximate surface area is 167 Å². The molecule has 2 N–H and O–H groups in total. The van der Waals surface area contributed by atoms with Gasteiger partial charge in [0.05, 0.1) is 21.3 Å². The van der Waals surface area contributed by atoms with Crippen LogP contribution in [0.5, 0.6) is 0 Å². The highest BCUT2D eigenvalue weighted by Gasteiger charge is 2.23. The first-order chi connectivity index (χ1) is 14.3. The summed E-state index contributed by atoms with van der Waals surface area (Å²) in [6.07, 6.45) is 1.38. The molecule has 0 bridgehead atoms. The smallest absolute Gasteiger partial charge is 0.256 e. The number of pyridine rings is 2. The molecule has 0 unspecified atom stereocenters. The van der Waals surface area contributed by atoms with Crippen LogP contribution in [0.25, 0.3) is 32.6 Å². The zero-order valence-corrected chi connectivity index (χ0v) is 15.3. The topological polar surface area (TPSA) is 74.4 Å². The van der Waals surface area contributed by atoms with Gasteiger partial charge in [-0.1, -0.05) is 0 Å². The Bertz CT molecular complexity index is 1540. The number of benzene rings is 2. The molecule has 0 saturated heterocycles. The van der Waals surface area contributed by atoms with E-state index in [2.05, 4.69) is 19.9 Å². The standard InChI is InChI=1S/C19H7F5N4OS/c20-6-1-2-7-9(5-6)10-8(3-4-25-18(10)29)14-13(7)26-19(27-14)30-15-11(21)16(23)28-17(24)12(15)22/h1-5H,(H,25,29)(H,26,27). The molecule has 5 nitrogen and oxygen atoms in total. The van der Waals surface area contributed by atoms with Crippen LogP contribution in [-0.2, 0) is 0 Å². The van der Waals surface area contributed by atoms with Gasteiger partial charge < -0.3 is 9.97 Å². The van der Waals surface area contributed by atoms with Gasteiger partial charge in [0.25, 0.3) is 17.5 Å². The van der Waals surface area contributed by atoms with Crippen molar-refractivity contribution in [2.24, 2.45) is 0 Å². The molecule has 3 heterocycles. The fourth-order valence-corrected chi connectivity index (χ4v) is 4.16. The molecule has 0 spiro atoms. The van der Waals surface area contributed by atoms with Gasteiger partial charge in [0.2, 0.25) is 0 Å². The van der Waals surface area contributed by atoms with Crippen molar-refractivity contribution in [1.82, 2.24) is 19.9 Å². The van der Waals surface area contributed by atoms with E-state index < -0.39 is 39.8 Å². The number of rotatable bonds is 2. The molecule has 0 atom stereocenters. The number of hydrogen-bond acceptors (Lipinski definition) is 4. The van der Waals surface area contributed by atoms with Gasteiger partial charge in [-0.05, 0) is 36.0 Å². The fourth-order valence-electron chi connectivity index (χ4n) is 3.33. The lowest BCUT2D eigenvalue weighted by molar-refractivity contribution is 0.383. The number of aromatic nitrogens is 4. The SMILES string of the molecule is O=c1[nH]ccc2c3nc(Sc4c(F)c(F)nc(F)c4F)[nH]c3c3ccc(F)cc3c12. The van der Waals surface area contributed by atoms with Crippen LogP contribution in [0, 0.1) is 29.3 Å². The van der Waals surface area contributed by atoms with E-state index in [4.69, 9.17) is 0 Å². The summed E-state index contributed by atoms with van der Waals surface area (Å²) >= 11 is 0.323. The number of nitrogens with zero attached hydrogens (tertiary/aromatic N) is 2. The Kier molecular flexibility index (Phi) is 4.03. The average molecular weight is 434 g/mol. The summed E-state index contributed by atoms with van der Waals surface area (Å²) in [4.78, 5) is 23.6. The first kappa shape index (κ1) is 18.6. The van der Waals surface area contributed by atoms with E-state index in [0.717, 1.165) is 0 Å². The molecule has 11 heteroatoms. The molecule has 0 aliphatic carbocycles. The van der Waals surface area contributed by atoms with Gasteiger partial charge in [0.1, 0.15) is 5.82 Å². The summed E-state index contributed by atoms with van der Waals surface area (Å²) in [5.74, 6) is -7.46. The van der Waals surface area contributed by atoms with E-state index in [-0.39, 0.29) is 16.1 Å². The van der Waals surface area contributed by atoms with E-state index in [9.17, 15) is 26.7 Å². The highest BCUT2D eigenvalue weighted by atomic mass is 32.2. The summed E-state index contributed by atoms with van der Waals surface area (Å²) in [6.45, 7) is 0. The monoisotopic (exact) mass is 434 g/mol. The third-order valence-electron chi connectivity index (χ3n) is 4.57. The zero-order valence-electron chi connectivity index (χ0n) is 14.5. The molecule has 0 radical (unpaired) electrons. The molecule has 5 aromatic rings. The van der Waals surface area contributed by atoms with Crippen LogP contribution in [0.3, 0.4) is 0 Å². The predicted molar refractivity (Wildman–Crippen MR) is 99.9 cm³/mol. The minimum Gasteiger partial charge on any atom is -0.332 e. The fraction of sp³-hybridized carbons (Fsp3) is 0. The predicted octanol–water partition coefficient (Wildman–Crippen LogP) is 4.80. The van der Waals surface area contributed by atoms with Gasteiger partial charge in [-0.25, -0.2) is 18.2 Å². The van der Waals surface area contributed by atoms with E-state index in [1.165, 1.54) is 24.4 Å². The molecule has 2 aromatic carbocycles. The normalized spacial score (nSPS) is 11.8. The van der Waals surface area contributed by atoms with E-state index in [0.29, 0.717) is 33.4 Å². The first-order valence-electron chi connectivity index (χ1n) is 8.35. The molecule has 30 heavy (non-hydrogen) atoms. The van der Waals surface area contributed by atoms with Crippen molar-refractivity contribution >= 4 is 44.3 Å². The first-order valence-corrected chi connectivity index (χ1v) is 9.17. The largest absolute Gasteiger partial charge is 0.332 e. The maximum atomic E-state index is 14.0. The third-order valence-corrected chi connectivity index (χ3v) is 5.52. The Morgan fingerprint density at radius 2 is 1.60 bits per heavy atom. The average Bonchev–Trinajstić information content (AvgIpc) is 3.14. The van der Waals surface area contributed by atoms with Crippen molar-refractivity contribution in [3.05, 3.63) is 70.2 Å². The molecule has 0 aliphatic rings. The lowest BCUT2D eigenvalue weighted by Gasteiger charge is -2.05. The number of hydrogen-bond donors (Lipinski definition) is 2. The third kappa shape index (κ3) is 2.65. The highest BCUT2D eigenvalue weighted by Crippen LogP contribution is 2.37. The minimum absolute atomic E-state index is 0.0915. The second kappa shape index (κ2) is 6.52. The molecular formula is C19H7F5N4OS. The number of imidazole rings is 1. The van der Waals surface area contributed by atoms with Gasteiger partial charge >= 0.3 is 0 Å². The maximum absolute atomic E-state index is 14.0. The van der Waals surface area contributed by atoms with Gasteiger partial charge in [-0.3, -0.25) is 4.79 Å². The summed E-state index contributed by atoms with van der Waals surface area (Å²) < 4.78 is 68.7. The number of H-pyrrole nitrogens is 2. The Hall–Kier alpha value is -3.47. The van der Waals surface area contributed by atoms with Gasteiger partial charge in [-0.2, -0.15) is 13.8 Å². The molecule has 150 valence electrons. The summed E-state index contributed by atoms with van der Waals surface area (Å²) in [5, 5.41) is 1.19. The van der Waals surface area contributed by atoms with Crippen molar-refractivity contribution in [2.75, 3.05) is 0 Å². The minimum atomic E-state index is -1.79. The summed E-state index contributed by atoms with van der Waals surface area (Å²) in [6, 6.07) is 5.35. The summed E-state index contributed by atoms with van der Waals surface area (Å²) in [5.41, 5.74) is 0.160. The number of aromatic amines is 2. The van der Waals surface area contributed by atoms with Gasteiger partial charge in [-0.15, -0.1) is 0 Å². The Morgan fingerprint density at radius 3 is 2.33 bits per heavy atom. The van der Waals surface area contributed by atoms with Crippen molar-refractivity contribution in [1.29, 1.82) is 0 Å². The van der Waals surface area contributed by atoms with Gasteiger partial charge in [0, 0.05) is 22.4 Å². The Balaban J connectivity index is 1.83. The van der Waals surface area contributed by atoms with Crippen LogP contribution in [0.2, 0.25) is 0 Å². The second-order valence-electron chi connectivity index (χ2n) is 6.30. The quantitative estimate of drug-likeness (QED) is 0.238. The molecule has 3 aromatic heterocycles. The summed E-state index contributed by atoms with van der Waals surface area (Å²) in [7, 11) is 0. The molecule has 5 rings (SSSR count). The second-order valence-corrected chi connectivity index (χ2v) is 7.30. The van der Waals surface area contributed by atoms with Crippen LogP contribution >= 0.6 is 11.8 Å². The zero-order chi connectivity index (χ0) is 21.2. The van der Waals surface area contributed by atoms with E-state index in [1.54, 1.807) is 6.07 Å². The van der Waals surface area contributed by atoms with Crippen molar-refractivity contribution in [2.45, 2.75) is 10.1 Å². The molecule has 0 fully saturated rings. The maximum Gasteiger partial charge on any atom is 0.256 e. The molecular weight excluding hydrogens is 427 g/mol. The van der Waals surface area contributed by atoms with Gasteiger partial charge in [0.15, 0.2) is 16.8 Å². The van der Waals surface area contributed by atoms with Crippen molar-refractivity contribution < 1.29 is 22.0 Å².